The third-order valence-electron chi connectivity index (χ3n) is 3.60. The first-order valence-electron chi connectivity index (χ1n) is 7.37. The number of piperidine rings is 1. The number of halogens is 2. The monoisotopic (exact) mass is 311 g/mol. The van der Waals surface area contributed by atoms with Crippen molar-refractivity contribution in [3.05, 3.63) is 30.1 Å². The lowest BCUT2D eigenvalue weighted by molar-refractivity contribution is -0.147. The summed E-state index contributed by atoms with van der Waals surface area (Å²) in [7, 11) is 0. The number of carbonyl (C=O) groups excluding carboxylic acids is 2. The summed E-state index contributed by atoms with van der Waals surface area (Å²) in [6.45, 7) is 1.31. The molecule has 22 heavy (non-hydrogen) atoms. The van der Waals surface area contributed by atoms with Crippen LogP contribution < -0.4 is 5.32 Å². The molecule has 1 aliphatic rings. The van der Waals surface area contributed by atoms with Gasteiger partial charge in [0.05, 0.1) is 0 Å². The standard InChI is InChI=1S/C15H19F2N3O2/c16-15(17,12-6-2-3-8-18-12)14(22)19-9-7-13(21)20-10-4-1-5-11-20/h2-3,6,8H,1,4-5,7,9-11H2,(H,19,22). The third kappa shape index (κ3) is 3.99. The van der Waals surface area contributed by atoms with Gasteiger partial charge in [0.15, 0.2) is 0 Å². The number of aromatic nitrogens is 1. The van der Waals surface area contributed by atoms with E-state index in [1.807, 2.05) is 0 Å². The molecule has 2 amide bonds. The second-order valence-electron chi connectivity index (χ2n) is 5.24. The highest BCUT2D eigenvalue weighted by atomic mass is 19.3. The largest absolute Gasteiger partial charge is 0.366 e. The van der Waals surface area contributed by atoms with Crippen molar-refractivity contribution in [3.8, 4) is 0 Å². The molecule has 0 bridgehead atoms. The van der Waals surface area contributed by atoms with Crippen LogP contribution in [0.2, 0.25) is 0 Å². The van der Waals surface area contributed by atoms with E-state index in [0.29, 0.717) is 13.1 Å². The Balaban J connectivity index is 1.81. The van der Waals surface area contributed by atoms with Crippen LogP contribution in [0.3, 0.4) is 0 Å². The number of alkyl halides is 2. The topological polar surface area (TPSA) is 62.3 Å². The average molecular weight is 311 g/mol. The fraction of sp³-hybridized carbons (Fsp3) is 0.533. The summed E-state index contributed by atoms with van der Waals surface area (Å²) in [5.41, 5.74) is -0.602. The van der Waals surface area contributed by atoms with Crippen LogP contribution in [-0.2, 0) is 15.5 Å². The van der Waals surface area contributed by atoms with Gasteiger partial charge in [-0.05, 0) is 31.4 Å². The van der Waals surface area contributed by atoms with Crippen LogP contribution in [0.4, 0.5) is 8.78 Å². The minimum absolute atomic E-state index is 0.0318. The zero-order chi connectivity index (χ0) is 16.0. The van der Waals surface area contributed by atoms with Crippen molar-refractivity contribution < 1.29 is 18.4 Å². The first-order valence-corrected chi connectivity index (χ1v) is 7.37. The van der Waals surface area contributed by atoms with Gasteiger partial charge in [-0.2, -0.15) is 8.78 Å². The molecule has 0 atom stereocenters. The molecule has 1 fully saturated rings. The van der Waals surface area contributed by atoms with E-state index in [4.69, 9.17) is 0 Å². The Morgan fingerprint density at radius 2 is 1.95 bits per heavy atom. The zero-order valence-corrected chi connectivity index (χ0v) is 12.2. The highest BCUT2D eigenvalue weighted by Crippen LogP contribution is 2.25. The molecule has 0 radical (unpaired) electrons. The van der Waals surface area contributed by atoms with Gasteiger partial charge in [-0.1, -0.05) is 6.07 Å². The lowest BCUT2D eigenvalue weighted by Gasteiger charge is -2.26. The molecular formula is C15H19F2N3O2. The number of nitrogens with zero attached hydrogens (tertiary/aromatic N) is 2. The average Bonchev–Trinajstić information content (AvgIpc) is 2.56. The Kier molecular flexibility index (Phi) is 5.41. The van der Waals surface area contributed by atoms with Gasteiger partial charge in [0.25, 0.3) is 5.91 Å². The van der Waals surface area contributed by atoms with Crippen LogP contribution in [0.1, 0.15) is 31.4 Å². The fourth-order valence-corrected chi connectivity index (χ4v) is 2.36. The predicted molar refractivity (Wildman–Crippen MR) is 76.2 cm³/mol. The summed E-state index contributed by atoms with van der Waals surface area (Å²) in [5, 5.41) is 2.11. The maximum absolute atomic E-state index is 13.9. The third-order valence-corrected chi connectivity index (χ3v) is 3.60. The molecule has 1 aromatic heterocycles. The summed E-state index contributed by atoms with van der Waals surface area (Å²) in [5.74, 6) is -5.24. The van der Waals surface area contributed by atoms with E-state index in [1.165, 1.54) is 18.3 Å². The Bertz CT molecular complexity index is 517. The summed E-state index contributed by atoms with van der Waals surface area (Å²) in [6, 6.07) is 3.98. The van der Waals surface area contributed by atoms with Crippen molar-refractivity contribution in [3.63, 3.8) is 0 Å². The predicted octanol–water partition coefficient (Wildman–Crippen LogP) is 1.69. The van der Waals surface area contributed by atoms with Crippen molar-refractivity contribution in [2.45, 2.75) is 31.6 Å². The number of hydrogen-bond donors (Lipinski definition) is 1. The molecule has 0 unspecified atom stereocenters. The summed E-state index contributed by atoms with van der Waals surface area (Å²) < 4.78 is 27.7. The molecule has 120 valence electrons. The molecule has 1 N–H and O–H groups in total. The molecule has 2 heterocycles. The first kappa shape index (κ1) is 16.3. The number of pyridine rings is 1. The van der Waals surface area contributed by atoms with Crippen LogP contribution in [-0.4, -0.2) is 41.3 Å². The van der Waals surface area contributed by atoms with Gasteiger partial charge in [0.2, 0.25) is 5.91 Å². The van der Waals surface area contributed by atoms with E-state index < -0.39 is 17.5 Å². The maximum Gasteiger partial charge on any atom is 0.366 e. The Labute approximate surface area is 127 Å². The summed E-state index contributed by atoms with van der Waals surface area (Å²) in [4.78, 5) is 28.7. The van der Waals surface area contributed by atoms with E-state index in [9.17, 15) is 18.4 Å². The molecule has 0 saturated carbocycles. The molecule has 0 spiro atoms. The van der Waals surface area contributed by atoms with Gasteiger partial charge in [-0.25, -0.2) is 0 Å². The van der Waals surface area contributed by atoms with Gasteiger partial charge in [0, 0.05) is 32.3 Å². The Morgan fingerprint density at radius 3 is 2.59 bits per heavy atom. The van der Waals surface area contributed by atoms with E-state index >= 15 is 0 Å². The number of likely N-dealkylation sites (tertiary alicyclic amines) is 1. The number of nitrogens with one attached hydrogen (secondary N) is 1. The van der Waals surface area contributed by atoms with Crippen LogP contribution in [0.15, 0.2) is 24.4 Å². The van der Waals surface area contributed by atoms with E-state index in [0.717, 1.165) is 25.3 Å². The zero-order valence-electron chi connectivity index (χ0n) is 12.2. The van der Waals surface area contributed by atoms with E-state index in [2.05, 4.69) is 10.3 Å². The molecule has 0 aromatic carbocycles. The van der Waals surface area contributed by atoms with Gasteiger partial charge in [-0.15, -0.1) is 0 Å². The SMILES string of the molecule is O=C(CCNC(=O)C(F)(F)c1ccccn1)N1CCCCC1. The fourth-order valence-electron chi connectivity index (χ4n) is 2.36. The molecular weight excluding hydrogens is 292 g/mol. The molecule has 0 aliphatic carbocycles. The maximum atomic E-state index is 13.9. The van der Waals surface area contributed by atoms with Crippen molar-refractivity contribution in [1.29, 1.82) is 0 Å². The van der Waals surface area contributed by atoms with Crippen molar-refractivity contribution in [1.82, 2.24) is 15.2 Å². The molecule has 7 heteroatoms. The summed E-state index contributed by atoms with van der Waals surface area (Å²) in [6.07, 6.45) is 4.28. The number of rotatable bonds is 5. The second-order valence-corrected chi connectivity index (χ2v) is 5.24. The molecule has 1 aliphatic heterocycles. The molecule has 5 nitrogen and oxygen atoms in total. The Hall–Kier alpha value is -2.05. The lowest BCUT2D eigenvalue weighted by Crippen LogP contribution is -2.41. The van der Waals surface area contributed by atoms with Gasteiger partial charge < -0.3 is 10.2 Å². The van der Waals surface area contributed by atoms with Crippen LogP contribution in [0.25, 0.3) is 0 Å². The van der Waals surface area contributed by atoms with Crippen molar-refractivity contribution in [2.24, 2.45) is 0 Å². The minimum atomic E-state index is -3.70. The highest BCUT2D eigenvalue weighted by Gasteiger charge is 2.42. The van der Waals surface area contributed by atoms with Crippen LogP contribution in [0, 0.1) is 0 Å². The first-order chi connectivity index (χ1) is 10.5. The van der Waals surface area contributed by atoms with Crippen LogP contribution in [0.5, 0.6) is 0 Å². The van der Waals surface area contributed by atoms with Gasteiger partial charge in [0.1, 0.15) is 5.69 Å². The number of hydrogen-bond acceptors (Lipinski definition) is 3. The van der Waals surface area contributed by atoms with Gasteiger partial charge >= 0.3 is 5.92 Å². The second kappa shape index (κ2) is 7.29. The highest BCUT2D eigenvalue weighted by molar-refractivity contribution is 5.85. The number of carbonyl (C=O) groups is 2. The van der Waals surface area contributed by atoms with Crippen molar-refractivity contribution >= 4 is 11.8 Å². The number of amides is 2. The molecule has 1 aromatic rings. The molecule has 2 rings (SSSR count). The normalized spacial score (nSPS) is 15.5. The quantitative estimate of drug-likeness (QED) is 0.900. The van der Waals surface area contributed by atoms with Gasteiger partial charge in [-0.3, -0.25) is 14.6 Å². The Morgan fingerprint density at radius 1 is 1.23 bits per heavy atom. The van der Waals surface area contributed by atoms with Crippen LogP contribution >= 0.6 is 0 Å². The summed E-state index contributed by atoms with van der Waals surface area (Å²) >= 11 is 0. The molecule has 1 saturated heterocycles. The van der Waals surface area contributed by atoms with E-state index in [1.54, 1.807) is 4.90 Å². The van der Waals surface area contributed by atoms with Crippen molar-refractivity contribution in [2.75, 3.05) is 19.6 Å². The van der Waals surface area contributed by atoms with E-state index in [-0.39, 0.29) is 18.9 Å². The lowest BCUT2D eigenvalue weighted by atomic mass is 10.1. The minimum Gasteiger partial charge on any atom is -0.350 e. The smallest absolute Gasteiger partial charge is 0.350 e.